The van der Waals surface area contributed by atoms with Gasteiger partial charge in [0.2, 0.25) is 0 Å². The quantitative estimate of drug-likeness (QED) is 0.189. The van der Waals surface area contributed by atoms with Crippen LogP contribution in [0.3, 0.4) is 0 Å². The minimum atomic E-state index is -0.794. The second-order valence-corrected chi connectivity index (χ2v) is 27.3. The van der Waals surface area contributed by atoms with Gasteiger partial charge in [0.1, 0.15) is 28.9 Å². The summed E-state index contributed by atoms with van der Waals surface area (Å²) in [5, 5.41) is 0. The first-order valence-corrected chi connectivity index (χ1v) is 28.7. The Bertz CT molecular complexity index is 1720. The van der Waals surface area contributed by atoms with E-state index in [0.29, 0.717) is 57.8 Å². The van der Waals surface area contributed by atoms with Gasteiger partial charge in [0.05, 0.1) is 12.2 Å². The maximum atomic E-state index is 11.6. The van der Waals surface area contributed by atoms with Crippen molar-refractivity contribution in [3.8, 4) is 0 Å². The Morgan fingerprint density at radius 3 is 1.72 bits per heavy atom. The van der Waals surface area contributed by atoms with Crippen LogP contribution in [0, 0.1) is 110 Å². The van der Waals surface area contributed by atoms with Gasteiger partial charge in [0.15, 0.2) is 0 Å². The van der Waals surface area contributed by atoms with Crippen LogP contribution in [-0.4, -0.2) is 47.4 Å². The maximum Gasteiger partial charge on any atom is 2.00 e. The van der Waals surface area contributed by atoms with Crippen LogP contribution in [0.4, 0.5) is 0 Å². The molecule has 4 bridgehead atoms. The first kappa shape index (κ1) is 64.0. The summed E-state index contributed by atoms with van der Waals surface area (Å²) in [7, 11) is 0. The third-order valence-corrected chi connectivity index (χ3v) is 21.8. The van der Waals surface area contributed by atoms with Crippen molar-refractivity contribution >= 4 is 35.2 Å². The van der Waals surface area contributed by atoms with Gasteiger partial charge in [-0.15, -0.1) is 0 Å². The summed E-state index contributed by atoms with van der Waals surface area (Å²) >= 11 is 0. The minimum absolute atomic E-state index is 0. The summed E-state index contributed by atoms with van der Waals surface area (Å²) < 4.78 is 5.78. The second-order valence-electron chi connectivity index (χ2n) is 27.3. The normalized spacial score (nSPS) is 41.0. The number of ether oxygens (including phenoxy) is 1. The predicted molar refractivity (Wildman–Crippen MR) is 286 cm³/mol. The first-order chi connectivity index (χ1) is 32.5. The van der Waals surface area contributed by atoms with Crippen LogP contribution in [-0.2, 0) is 54.6 Å². The van der Waals surface area contributed by atoms with E-state index in [2.05, 4.69) is 76.2 Å². The molecule has 17 atom stereocenters. The van der Waals surface area contributed by atoms with Gasteiger partial charge < -0.3 is 25.0 Å². The van der Waals surface area contributed by atoms with Gasteiger partial charge >= 0.3 is 21.1 Å². The molecule has 1 aliphatic heterocycles. The van der Waals surface area contributed by atoms with Crippen molar-refractivity contribution in [2.45, 2.75) is 252 Å². The average molecular weight is 1160 g/mol. The van der Waals surface area contributed by atoms with E-state index in [9.17, 15) is 24.0 Å². The molecule has 0 aromatic rings. The van der Waals surface area contributed by atoms with Crippen molar-refractivity contribution in [1.29, 1.82) is 0 Å². The number of hydrogen-bond donors (Lipinski definition) is 0. The molecule has 406 valence electrons. The van der Waals surface area contributed by atoms with Gasteiger partial charge in [-0.05, 0) is 194 Å². The maximum absolute atomic E-state index is 11.6. The SMILES string of the molecule is CC(=O)CC(C)(CC(C)=O)C(C)=O.CC(=O)CC12C[C-]3CC(CC(C3)C1)C2.CC(=O)CCC(C)C1CCC2C3C(C)CC4CC(C)CCC4(C)C3CC(C)C12C.CC1OC(C)C(C)C(C)C1C.C[C-]=O.[W+2]. The summed E-state index contributed by atoms with van der Waals surface area (Å²) in [4.78, 5) is 64.6. The molecule has 8 saturated carbocycles. The van der Waals surface area contributed by atoms with Gasteiger partial charge in [-0.3, -0.25) is 20.7 Å². The summed E-state index contributed by atoms with van der Waals surface area (Å²) in [5.41, 5.74) is 0.747. The summed E-state index contributed by atoms with van der Waals surface area (Å²) in [6.07, 6.45) is 24.0. The zero-order chi connectivity index (χ0) is 52.8. The molecule has 7 nitrogen and oxygen atoms in total. The number of hydrogen-bond acceptors (Lipinski definition) is 7. The van der Waals surface area contributed by atoms with Crippen LogP contribution in [0.15, 0.2) is 0 Å². The van der Waals surface area contributed by atoms with Crippen molar-refractivity contribution in [3.63, 3.8) is 0 Å². The molecule has 8 aliphatic carbocycles. The molecule has 9 rings (SSSR count). The number of rotatable bonds is 11. The van der Waals surface area contributed by atoms with Crippen molar-refractivity contribution in [1.82, 2.24) is 0 Å². The fourth-order valence-electron chi connectivity index (χ4n) is 17.8. The van der Waals surface area contributed by atoms with Gasteiger partial charge in [0, 0.05) is 31.1 Å². The van der Waals surface area contributed by atoms with Crippen molar-refractivity contribution < 1.29 is 54.6 Å². The molecule has 8 heteroatoms. The Balaban J connectivity index is 0.000000267. The van der Waals surface area contributed by atoms with Crippen LogP contribution >= 0.6 is 0 Å². The molecule has 71 heavy (non-hydrogen) atoms. The molecule has 1 saturated heterocycles. The topological polar surface area (TPSA) is 112 Å². The van der Waals surface area contributed by atoms with E-state index in [0.717, 1.165) is 84.4 Å². The van der Waals surface area contributed by atoms with E-state index >= 15 is 0 Å². The van der Waals surface area contributed by atoms with E-state index in [-0.39, 0.29) is 51.3 Å². The van der Waals surface area contributed by atoms with Gasteiger partial charge in [0.25, 0.3) is 0 Å². The molecule has 0 amide bonds. The van der Waals surface area contributed by atoms with Crippen molar-refractivity contribution in [3.05, 3.63) is 5.92 Å². The van der Waals surface area contributed by atoms with E-state index < -0.39 is 5.41 Å². The molecule has 1 heterocycles. The third-order valence-electron chi connectivity index (χ3n) is 21.8. The van der Waals surface area contributed by atoms with Crippen LogP contribution in [0.1, 0.15) is 240 Å². The fourth-order valence-corrected chi connectivity index (χ4v) is 17.8. The molecule has 0 spiro atoms. The molecule has 0 aromatic heterocycles. The number of carbonyl (C=O) groups is 5. The Morgan fingerprint density at radius 2 is 1.25 bits per heavy atom. The van der Waals surface area contributed by atoms with Crippen LogP contribution < -0.4 is 0 Å². The standard InChI is InChI=1S/C28H48O.C13H19O.C10H16O3.C10H20O.C2H3O.W/c1-17-12-13-27(6)22(14-17)15-19(3)26-24-11-10-23(18(2)8-9-21(5)29)28(24,7)20(4)16-25(26)27;1-9(14)5-13-6-10-2-11(7-13)4-12(3-10)8-13;1-7(11)5-10(4,9(3)13)6-8(2)12;1-6-7(2)9(4)11-10(5)8(6)3;1-2-3;/h17-20,22-26H,8-16H2,1-7H3;10-11H,2-8H2,1H3;5-6H2,1-4H3;6-10H,1-5H3;1H3;/q;-1;;;-1;+2. The van der Waals surface area contributed by atoms with Crippen molar-refractivity contribution in [2.24, 2.45) is 105 Å². The van der Waals surface area contributed by atoms with Crippen molar-refractivity contribution in [2.75, 3.05) is 0 Å². The Labute approximate surface area is 450 Å². The molecule has 0 N–H and O–H groups in total. The zero-order valence-electron chi connectivity index (χ0n) is 48.7. The number of fused-ring (bicyclic) bond motifs is 5. The molecular formula is C63H106O7W. The van der Waals surface area contributed by atoms with Gasteiger partial charge in [-0.1, -0.05) is 93.9 Å². The molecule has 9 fully saturated rings. The second kappa shape index (κ2) is 26.6. The Kier molecular flexibility index (Phi) is 24.0. The summed E-state index contributed by atoms with van der Waals surface area (Å²) in [6, 6.07) is 0. The van der Waals surface area contributed by atoms with E-state index in [1.807, 2.05) is 0 Å². The van der Waals surface area contributed by atoms with Crippen LogP contribution in [0.25, 0.3) is 0 Å². The van der Waals surface area contributed by atoms with E-state index in [1.165, 1.54) is 117 Å². The molecule has 17 unspecified atom stereocenters. The molecule has 0 aromatic carbocycles. The van der Waals surface area contributed by atoms with Crippen LogP contribution in [0.2, 0.25) is 0 Å². The summed E-state index contributed by atoms with van der Waals surface area (Å²) in [6.45, 7) is 37.7. The molecule has 0 radical (unpaired) electrons. The fraction of sp³-hybridized carbons (Fsp3) is 0.889. The summed E-state index contributed by atoms with van der Waals surface area (Å²) in [5.74, 6) is 14.5. The van der Waals surface area contributed by atoms with E-state index in [1.54, 1.807) is 26.7 Å². The zero-order valence-corrected chi connectivity index (χ0v) is 51.7. The smallest absolute Gasteiger partial charge is 0.542 e. The number of carbonyl (C=O) groups excluding carboxylic acids is 6. The first-order valence-electron chi connectivity index (χ1n) is 28.7. The molecule has 9 aliphatic rings. The minimum Gasteiger partial charge on any atom is -0.542 e. The predicted octanol–water partition coefficient (Wildman–Crippen LogP) is 15.3. The van der Waals surface area contributed by atoms with E-state index in [4.69, 9.17) is 9.53 Å². The average Bonchev–Trinajstić information content (AvgIpc) is 3.60. The third kappa shape index (κ3) is 15.4. The largest absolute Gasteiger partial charge is 2.00 e. The molecular weight excluding hydrogens is 1050 g/mol. The monoisotopic (exact) mass is 1160 g/mol. The van der Waals surface area contributed by atoms with Gasteiger partial charge in [-0.25, -0.2) is 0 Å². The Hall–Kier alpha value is -1.33. The number of ketones is 5. The van der Waals surface area contributed by atoms with Gasteiger partial charge in [-0.2, -0.15) is 26.2 Å². The Morgan fingerprint density at radius 1 is 0.718 bits per heavy atom. The number of Topliss-reactive ketones (excluding diaryl/α,β-unsaturated/α-hetero) is 5. The van der Waals surface area contributed by atoms with Crippen LogP contribution in [0.5, 0.6) is 0 Å².